The van der Waals surface area contributed by atoms with Crippen LogP contribution in [0.25, 0.3) is 5.57 Å². The molecule has 2 aromatic rings. The minimum absolute atomic E-state index is 0.0327. The van der Waals surface area contributed by atoms with E-state index in [-0.39, 0.29) is 22.8 Å². The molecule has 2 aliphatic rings. The van der Waals surface area contributed by atoms with Crippen LogP contribution in [-0.4, -0.2) is 10.9 Å². The predicted octanol–water partition coefficient (Wildman–Crippen LogP) is 4.02. The van der Waals surface area contributed by atoms with Crippen molar-refractivity contribution < 1.29 is 14.3 Å². The average molecular weight is 294 g/mol. The molecule has 22 heavy (non-hydrogen) atoms. The van der Waals surface area contributed by atoms with Gasteiger partial charge < -0.3 is 5.11 Å². The molecule has 2 aromatic carbocycles. The first-order valence-electron chi connectivity index (χ1n) is 7.30. The van der Waals surface area contributed by atoms with Gasteiger partial charge in [-0.25, -0.2) is 4.39 Å². The Labute approximate surface area is 127 Å². The summed E-state index contributed by atoms with van der Waals surface area (Å²) in [5, 5.41) is 9.78. The second-order valence-electron chi connectivity index (χ2n) is 6.52. The van der Waals surface area contributed by atoms with Crippen LogP contribution in [0.3, 0.4) is 0 Å². The van der Waals surface area contributed by atoms with Crippen LogP contribution in [-0.2, 0) is 11.8 Å². The summed E-state index contributed by atoms with van der Waals surface area (Å²) >= 11 is 0. The summed E-state index contributed by atoms with van der Waals surface area (Å²) in [6.07, 6.45) is 0.580. The molecule has 0 atom stereocenters. The number of halogens is 1. The Kier molecular flexibility index (Phi) is 2.45. The third-order valence-corrected chi connectivity index (χ3v) is 4.91. The number of hydrogen-bond donors (Lipinski definition) is 1. The number of benzene rings is 2. The Morgan fingerprint density at radius 1 is 1.09 bits per heavy atom. The topological polar surface area (TPSA) is 37.3 Å². The number of allylic oxidation sites excluding steroid dienone is 2. The number of Topliss-reactive ketones (excluding diaryl/α,β-unsaturated/α-hetero) is 1. The maximum Gasteiger partial charge on any atom is 0.193 e. The van der Waals surface area contributed by atoms with Crippen molar-refractivity contribution in [2.75, 3.05) is 0 Å². The van der Waals surface area contributed by atoms with Crippen molar-refractivity contribution >= 4 is 11.4 Å². The first-order chi connectivity index (χ1) is 10.4. The number of carbonyl (C=O) groups is 1. The van der Waals surface area contributed by atoms with E-state index in [1.807, 2.05) is 0 Å². The van der Waals surface area contributed by atoms with Crippen molar-refractivity contribution in [1.82, 2.24) is 0 Å². The van der Waals surface area contributed by atoms with Gasteiger partial charge in [-0.3, -0.25) is 4.79 Å². The number of aromatic hydroxyl groups is 1. The van der Waals surface area contributed by atoms with Gasteiger partial charge in [-0.15, -0.1) is 0 Å². The van der Waals surface area contributed by atoms with Crippen LogP contribution in [0.1, 0.15) is 40.9 Å². The van der Waals surface area contributed by atoms with E-state index in [9.17, 15) is 14.3 Å². The molecule has 0 radical (unpaired) electrons. The zero-order chi connectivity index (χ0) is 15.6. The molecule has 0 bridgehead atoms. The average Bonchev–Trinajstić information content (AvgIpc) is 2.84. The van der Waals surface area contributed by atoms with Gasteiger partial charge in [-0.2, -0.15) is 0 Å². The lowest BCUT2D eigenvalue weighted by molar-refractivity contribution is 0.105. The quantitative estimate of drug-likeness (QED) is 0.797. The summed E-state index contributed by atoms with van der Waals surface area (Å²) in [6, 6.07) is 9.51. The fourth-order valence-electron chi connectivity index (χ4n) is 3.73. The molecule has 0 saturated carbocycles. The summed E-state index contributed by atoms with van der Waals surface area (Å²) in [5.41, 5.74) is 4.52. The van der Waals surface area contributed by atoms with Gasteiger partial charge >= 0.3 is 0 Å². The molecule has 0 amide bonds. The fraction of sp³-hybridized carbons (Fsp3) is 0.211. The second kappa shape index (κ2) is 4.07. The van der Waals surface area contributed by atoms with Crippen molar-refractivity contribution in [2.45, 2.75) is 25.7 Å². The number of fused-ring (bicyclic) bond motifs is 3. The number of phenolic OH excluding ortho intramolecular Hbond substituents is 1. The highest BCUT2D eigenvalue weighted by Crippen LogP contribution is 2.50. The van der Waals surface area contributed by atoms with Crippen LogP contribution in [0.4, 0.5) is 4.39 Å². The van der Waals surface area contributed by atoms with Crippen LogP contribution < -0.4 is 0 Å². The molecular weight excluding hydrogens is 279 g/mol. The number of carbonyl (C=O) groups excluding carboxylic acids is 1. The fourth-order valence-corrected chi connectivity index (χ4v) is 3.73. The number of hydrogen-bond acceptors (Lipinski definition) is 2. The number of phenols is 1. The van der Waals surface area contributed by atoms with E-state index in [0.29, 0.717) is 17.6 Å². The molecule has 0 saturated heterocycles. The van der Waals surface area contributed by atoms with Gasteiger partial charge in [0, 0.05) is 16.6 Å². The third kappa shape index (κ3) is 1.56. The monoisotopic (exact) mass is 294 g/mol. The summed E-state index contributed by atoms with van der Waals surface area (Å²) in [7, 11) is 0. The molecule has 0 fully saturated rings. The molecule has 0 aliphatic heterocycles. The molecule has 0 heterocycles. The van der Waals surface area contributed by atoms with Crippen molar-refractivity contribution in [1.29, 1.82) is 0 Å². The number of rotatable bonds is 0. The third-order valence-electron chi connectivity index (χ3n) is 4.91. The van der Waals surface area contributed by atoms with E-state index in [0.717, 1.165) is 22.3 Å². The Morgan fingerprint density at radius 2 is 1.82 bits per heavy atom. The smallest absolute Gasteiger partial charge is 0.193 e. The van der Waals surface area contributed by atoms with Gasteiger partial charge in [-0.1, -0.05) is 19.9 Å². The van der Waals surface area contributed by atoms with E-state index in [1.165, 1.54) is 12.1 Å². The number of ketones is 1. The van der Waals surface area contributed by atoms with E-state index in [2.05, 4.69) is 13.8 Å². The van der Waals surface area contributed by atoms with Gasteiger partial charge in [0.1, 0.15) is 11.6 Å². The highest BCUT2D eigenvalue weighted by molar-refractivity contribution is 6.32. The highest BCUT2D eigenvalue weighted by atomic mass is 19.1. The molecule has 0 aromatic heterocycles. The second-order valence-corrected chi connectivity index (χ2v) is 6.52. The van der Waals surface area contributed by atoms with Gasteiger partial charge in [0.2, 0.25) is 0 Å². The maximum absolute atomic E-state index is 13.5. The summed E-state index contributed by atoms with van der Waals surface area (Å²) < 4.78 is 13.5. The molecular formula is C19H15FO2. The lowest BCUT2D eigenvalue weighted by Gasteiger charge is -2.34. The molecule has 0 spiro atoms. The van der Waals surface area contributed by atoms with Crippen LogP contribution in [0, 0.1) is 5.82 Å². The predicted molar refractivity (Wildman–Crippen MR) is 82.5 cm³/mol. The lowest BCUT2D eigenvalue weighted by Crippen LogP contribution is -2.29. The van der Waals surface area contributed by atoms with Gasteiger partial charge in [0.05, 0.1) is 0 Å². The zero-order valence-corrected chi connectivity index (χ0v) is 12.4. The highest BCUT2D eigenvalue weighted by Gasteiger charge is 2.42. The van der Waals surface area contributed by atoms with Gasteiger partial charge in [-0.05, 0) is 59.0 Å². The normalized spacial score (nSPS) is 18.0. The minimum atomic E-state index is -0.368. The summed E-state index contributed by atoms with van der Waals surface area (Å²) in [6.45, 7) is 4.10. The molecule has 2 nitrogen and oxygen atoms in total. The molecule has 1 N–H and O–H groups in total. The van der Waals surface area contributed by atoms with Crippen molar-refractivity contribution in [3.8, 4) is 5.75 Å². The molecule has 3 heteroatoms. The van der Waals surface area contributed by atoms with Gasteiger partial charge in [0.15, 0.2) is 5.78 Å². The van der Waals surface area contributed by atoms with Crippen LogP contribution in [0.2, 0.25) is 0 Å². The molecule has 4 rings (SSSR count). The first-order valence-corrected chi connectivity index (χ1v) is 7.30. The van der Waals surface area contributed by atoms with E-state index in [4.69, 9.17) is 0 Å². The summed E-state index contributed by atoms with van der Waals surface area (Å²) in [4.78, 5) is 12.9. The zero-order valence-electron chi connectivity index (χ0n) is 12.4. The van der Waals surface area contributed by atoms with E-state index >= 15 is 0 Å². The minimum Gasteiger partial charge on any atom is -0.508 e. The largest absolute Gasteiger partial charge is 0.508 e. The Morgan fingerprint density at radius 3 is 2.59 bits per heavy atom. The van der Waals surface area contributed by atoms with Crippen LogP contribution in [0.15, 0.2) is 42.0 Å². The molecule has 110 valence electrons. The van der Waals surface area contributed by atoms with E-state index in [1.54, 1.807) is 24.3 Å². The standard InChI is InChI=1S/C19H15FO2/c1-19(2)15-9-12(21)4-6-14(15)18(22)17-13-5-3-11(20)7-10(13)8-16(17)19/h3-7,9,21H,8H2,1-2H3. The van der Waals surface area contributed by atoms with E-state index < -0.39 is 0 Å². The SMILES string of the molecule is CC1(C)C2=C(C(=O)c3ccc(O)cc31)c1ccc(F)cc1C2. The first kappa shape index (κ1) is 13.3. The van der Waals surface area contributed by atoms with Crippen LogP contribution >= 0.6 is 0 Å². The lowest BCUT2D eigenvalue weighted by atomic mass is 9.68. The Balaban J connectivity index is 2.00. The Hall–Kier alpha value is -2.42. The molecule has 0 unspecified atom stereocenters. The van der Waals surface area contributed by atoms with Gasteiger partial charge in [0.25, 0.3) is 0 Å². The van der Waals surface area contributed by atoms with Crippen molar-refractivity contribution in [2.24, 2.45) is 0 Å². The summed E-state index contributed by atoms with van der Waals surface area (Å²) in [5.74, 6) is -0.154. The van der Waals surface area contributed by atoms with Crippen molar-refractivity contribution in [3.63, 3.8) is 0 Å². The maximum atomic E-state index is 13.5. The van der Waals surface area contributed by atoms with Crippen LogP contribution in [0.5, 0.6) is 5.75 Å². The van der Waals surface area contributed by atoms with Crippen molar-refractivity contribution in [3.05, 3.63) is 70.0 Å². The Bertz CT molecular complexity index is 875. The molecule has 2 aliphatic carbocycles.